The van der Waals surface area contributed by atoms with Crippen molar-refractivity contribution in [3.8, 4) is 0 Å². The van der Waals surface area contributed by atoms with Crippen molar-refractivity contribution in [2.45, 2.75) is 37.6 Å². The van der Waals surface area contributed by atoms with Crippen LogP contribution in [-0.2, 0) is 16.1 Å². The van der Waals surface area contributed by atoms with Gasteiger partial charge in [0, 0.05) is 50.7 Å². The lowest BCUT2D eigenvalue weighted by molar-refractivity contribution is -0.192. The predicted molar refractivity (Wildman–Crippen MR) is 118 cm³/mol. The van der Waals surface area contributed by atoms with Crippen LogP contribution in [0.15, 0.2) is 54.9 Å². The topological polar surface area (TPSA) is 83.0 Å². The highest BCUT2D eigenvalue weighted by molar-refractivity contribution is 5.94. The number of aromatic nitrogens is 1. The molecule has 2 aliphatic heterocycles. The Balaban J connectivity index is 0.000000406. The van der Waals surface area contributed by atoms with Crippen LogP contribution in [0.1, 0.15) is 35.2 Å². The molecule has 1 atom stereocenters. The van der Waals surface area contributed by atoms with Crippen molar-refractivity contribution >= 4 is 11.9 Å². The Labute approximate surface area is 196 Å². The van der Waals surface area contributed by atoms with E-state index in [9.17, 15) is 18.0 Å². The number of hydrogen-bond donors (Lipinski definition) is 1. The van der Waals surface area contributed by atoms with Crippen molar-refractivity contribution in [3.05, 3.63) is 66.0 Å². The van der Waals surface area contributed by atoms with Crippen molar-refractivity contribution in [2.24, 2.45) is 0 Å². The summed E-state index contributed by atoms with van der Waals surface area (Å²) in [6, 6.07) is 13.7. The molecule has 1 N–H and O–H groups in total. The number of benzene rings is 1. The van der Waals surface area contributed by atoms with Gasteiger partial charge < -0.3 is 14.7 Å². The van der Waals surface area contributed by atoms with Crippen LogP contribution >= 0.6 is 0 Å². The first-order valence-electron chi connectivity index (χ1n) is 11.1. The SMILES string of the molecule is O=C(O)C(F)(F)F.O=C(c1ccccc1)N1CCCC2(CC1)CN(Cc1cccnc1)CCO2. The van der Waals surface area contributed by atoms with E-state index in [2.05, 4.69) is 16.0 Å². The Bertz CT molecular complexity index is 943. The third-order valence-corrected chi connectivity index (χ3v) is 5.90. The van der Waals surface area contributed by atoms with E-state index in [-0.39, 0.29) is 11.5 Å². The average molecular weight is 479 g/mol. The first kappa shape index (κ1) is 25.6. The Morgan fingerprint density at radius 1 is 1.06 bits per heavy atom. The molecule has 2 aliphatic rings. The highest BCUT2D eigenvalue weighted by atomic mass is 19.4. The van der Waals surface area contributed by atoms with Gasteiger partial charge in [-0.3, -0.25) is 14.7 Å². The highest BCUT2D eigenvalue weighted by Crippen LogP contribution is 2.31. The summed E-state index contributed by atoms with van der Waals surface area (Å²) in [5.41, 5.74) is 1.88. The lowest BCUT2D eigenvalue weighted by atomic mass is 9.92. The Morgan fingerprint density at radius 2 is 1.79 bits per heavy atom. The first-order chi connectivity index (χ1) is 16.2. The lowest BCUT2D eigenvalue weighted by Crippen LogP contribution is -2.52. The molecule has 1 spiro atoms. The van der Waals surface area contributed by atoms with Gasteiger partial charge in [-0.25, -0.2) is 4.79 Å². The second-order valence-electron chi connectivity index (χ2n) is 8.42. The molecule has 1 aromatic heterocycles. The molecule has 1 unspecified atom stereocenters. The number of rotatable bonds is 3. The Hall–Kier alpha value is -2.98. The number of ether oxygens (including phenoxy) is 1. The molecule has 0 aliphatic carbocycles. The van der Waals surface area contributed by atoms with Crippen LogP contribution in [0, 0.1) is 0 Å². The summed E-state index contributed by atoms with van der Waals surface area (Å²) in [4.78, 5) is 30.4. The molecule has 1 amide bonds. The minimum absolute atomic E-state index is 0.133. The summed E-state index contributed by atoms with van der Waals surface area (Å²) in [5.74, 6) is -2.62. The molecule has 4 rings (SSSR count). The van der Waals surface area contributed by atoms with Crippen LogP contribution < -0.4 is 0 Å². The summed E-state index contributed by atoms with van der Waals surface area (Å²) >= 11 is 0. The van der Waals surface area contributed by atoms with Crippen molar-refractivity contribution < 1.29 is 32.6 Å². The summed E-state index contributed by atoms with van der Waals surface area (Å²) in [6.07, 6.45) is 1.56. The van der Waals surface area contributed by atoms with Gasteiger partial charge in [-0.05, 0) is 43.0 Å². The van der Waals surface area contributed by atoms with Gasteiger partial charge in [-0.15, -0.1) is 0 Å². The van der Waals surface area contributed by atoms with E-state index in [0.29, 0.717) is 0 Å². The molecule has 0 saturated carbocycles. The number of amides is 1. The monoisotopic (exact) mass is 479 g/mol. The van der Waals surface area contributed by atoms with Gasteiger partial charge in [0.15, 0.2) is 0 Å². The standard InChI is InChI=1S/C22H27N3O2.C2HF3O2/c26-21(20-7-2-1-3-8-20)25-12-5-9-22(10-13-25)18-24(14-15-27-22)17-19-6-4-11-23-16-19;3-2(4,5)1(6)7/h1-4,6-8,11,16H,5,9-10,12-15,17-18H2;(H,6,7). The quantitative estimate of drug-likeness (QED) is 0.724. The molecule has 2 fully saturated rings. The highest BCUT2D eigenvalue weighted by Gasteiger charge is 2.39. The van der Waals surface area contributed by atoms with Gasteiger partial charge in [0.2, 0.25) is 0 Å². The van der Waals surface area contributed by atoms with Gasteiger partial charge >= 0.3 is 12.1 Å². The number of morpholine rings is 1. The van der Waals surface area contributed by atoms with Crippen molar-refractivity contribution in [1.82, 2.24) is 14.8 Å². The average Bonchev–Trinajstić information content (AvgIpc) is 3.02. The zero-order valence-electron chi connectivity index (χ0n) is 18.7. The van der Waals surface area contributed by atoms with Crippen LogP contribution in [0.4, 0.5) is 13.2 Å². The van der Waals surface area contributed by atoms with Crippen molar-refractivity contribution in [2.75, 3.05) is 32.8 Å². The fraction of sp³-hybridized carbons (Fsp3) is 0.458. The number of hydrogen-bond acceptors (Lipinski definition) is 5. The molecule has 184 valence electrons. The largest absolute Gasteiger partial charge is 0.490 e. The summed E-state index contributed by atoms with van der Waals surface area (Å²) in [5, 5.41) is 7.12. The molecule has 2 saturated heterocycles. The number of carbonyl (C=O) groups excluding carboxylic acids is 1. The minimum atomic E-state index is -5.08. The number of carbonyl (C=O) groups is 2. The Kier molecular flexibility index (Phi) is 8.62. The van der Waals surface area contributed by atoms with Crippen LogP contribution in [0.2, 0.25) is 0 Å². The number of carboxylic acid groups (broad SMARTS) is 1. The van der Waals surface area contributed by atoms with E-state index in [1.807, 2.05) is 53.7 Å². The maximum atomic E-state index is 12.8. The molecule has 0 radical (unpaired) electrons. The molecular formula is C24H28F3N3O4. The summed E-state index contributed by atoms with van der Waals surface area (Å²) in [6.45, 7) is 5.10. The van der Waals surface area contributed by atoms with Gasteiger partial charge in [0.05, 0.1) is 12.2 Å². The molecule has 10 heteroatoms. The Morgan fingerprint density at radius 3 is 2.44 bits per heavy atom. The van der Waals surface area contributed by atoms with Gasteiger partial charge in [0.1, 0.15) is 0 Å². The zero-order chi connectivity index (χ0) is 24.6. The molecule has 7 nitrogen and oxygen atoms in total. The first-order valence-corrected chi connectivity index (χ1v) is 11.1. The normalized spacial score (nSPS) is 21.3. The van der Waals surface area contributed by atoms with Gasteiger partial charge in [0.25, 0.3) is 5.91 Å². The van der Waals surface area contributed by atoms with Crippen molar-refractivity contribution in [1.29, 1.82) is 0 Å². The third-order valence-electron chi connectivity index (χ3n) is 5.90. The number of aliphatic carboxylic acids is 1. The molecule has 2 aromatic rings. The summed E-state index contributed by atoms with van der Waals surface area (Å²) in [7, 11) is 0. The minimum Gasteiger partial charge on any atom is -0.475 e. The molecule has 1 aromatic carbocycles. The van der Waals surface area contributed by atoms with Crippen LogP contribution in [0.3, 0.4) is 0 Å². The second kappa shape index (κ2) is 11.4. The number of likely N-dealkylation sites (tertiary alicyclic amines) is 1. The second-order valence-corrected chi connectivity index (χ2v) is 8.42. The molecule has 0 bridgehead atoms. The van der Waals surface area contributed by atoms with Crippen LogP contribution in [0.5, 0.6) is 0 Å². The number of pyridine rings is 1. The smallest absolute Gasteiger partial charge is 0.475 e. The molecule has 34 heavy (non-hydrogen) atoms. The molecular weight excluding hydrogens is 451 g/mol. The number of alkyl halides is 3. The van der Waals surface area contributed by atoms with E-state index in [4.69, 9.17) is 14.6 Å². The maximum absolute atomic E-state index is 12.8. The maximum Gasteiger partial charge on any atom is 0.490 e. The number of halogens is 3. The summed E-state index contributed by atoms with van der Waals surface area (Å²) < 4.78 is 38.0. The van der Waals surface area contributed by atoms with E-state index < -0.39 is 12.1 Å². The van der Waals surface area contributed by atoms with Gasteiger partial charge in [-0.2, -0.15) is 13.2 Å². The number of nitrogens with zero attached hydrogens (tertiary/aromatic N) is 3. The fourth-order valence-electron chi connectivity index (χ4n) is 4.24. The van der Waals surface area contributed by atoms with Crippen LogP contribution in [0.25, 0.3) is 0 Å². The zero-order valence-corrected chi connectivity index (χ0v) is 18.7. The van der Waals surface area contributed by atoms with Crippen LogP contribution in [-0.4, -0.2) is 76.3 Å². The number of carboxylic acids is 1. The van der Waals surface area contributed by atoms with E-state index in [1.165, 1.54) is 5.56 Å². The van der Waals surface area contributed by atoms with Crippen molar-refractivity contribution in [3.63, 3.8) is 0 Å². The van der Waals surface area contributed by atoms with E-state index in [1.54, 1.807) is 0 Å². The molecule has 3 heterocycles. The van der Waals surface area contributed by atoms with E-state index in [0.717, 1.165) is 64.2 Å². The predicted octanol–water partition coefficient (Wildman–Crippen LogP) is 3.61. The lowest BCUT2D eigenvalue weighted by Gasteiger charge is -2.42. The third kappa shape index (κ3) is 7.26. The fourth-order valence-corrected chi connectivity index (χ4v) is 4.24. The van der Waals surface area contributed by atoms with E-state index >= 15 is 0 Å². The van der Waals surface area contributed by atoms with Gasteiger partial charge in [-0.1, -0.05) is 24.3 Å².